The molecule has 5 nitrogen and oxygen atoms in total. The summed E-state index contributed by atoms with van der Waals surface area (Å²) >= 11 is 0. The fourth-order valence-electron chi connectivity index (χ4n) is 2.21. The lowest BCUT2D eigenvalue weighted by Crippen LogP contribution is -2.39. The maximum atomic E-state index is 12.3. The number of rotatable bonds is 7. The highest BCUT2D eigenvalue weighted by Crippen LogP contribution is 2.27. The molecule has 1 aromatic carbocycles. The number of phenolic OH excluding ortho intramolecular Hbond substituents is 1. The molecule has 0 aliphatic rings. The van der Waals surface area contributed by atoms with Crippen molar-refractivity contribution in [3.8, 4) is 11.5 Å². The van der Waals surface area contributed by atoms with Crippen LogP contribution in [0.15, 0.2) is 18.2 Å². The van der Waals surface area contributed by atoms with Crippen molar-refractivity contribution in [2.75, 3.05) is 26.7 Å². The summed E-state index contributed by atoms with van der Waals surface area (Å²) < 4.78 is 5.00. The first-order valence-corrected chi connectivity index (χ1v) is 6.92. The van der Waals surface area contributed by atoms with Gasteiger partial charge in [0.25, 0.3) is 0 Å². The van der Waals surface area contributed by atoms with Gasteiger partial charge in [-0.25, -0.2) is 0 Å². The van der Waals surface area contributed by atoms with Crippen LogP contribution in [0.4, 0.5) is 0 Å². The molecule has 0 saturated heterocycles. The number of carbonyl (C=O) groups is 1. The molecule has 0 radical (unpaired) electrons. The predicted molar refractivity (Wildman–Crippen MR) is 78.8 cm³/mol. The molecule has 20 heavy (non-hydrogen) atoms. The van der Waals surface area contributed by atoms with E-state index < -0.39 is 0 Å². The van der Waals surface area contributed by atoms with Crippen LogP contribution >= 0.6 is 0 Å². The van der Waals surface area contributed by atoms with Gasteiger partial charge < -0.3 is 20.5 Å². The van der Waals surface area contributed by atoms with E-state index in [9.17, 15) is 9.90 Å². The topological polar surface area (TPSA) is 75.8 Å². The number of aromatic hydroxyl groups is 1. The molecule has 0 saturated carbocycles. The lowest BCUT2D eigenvalue weighted by Gasteiger charge is -2.24. The minimum atomic E-state index is -0.261. The Morgan fingerprint density at radius 1 is 1.40 bits per heavy atom. The van der Waals surface area contributed by atoms with Gasteiger partial charge in [-0.2, -0.15) is 0 Å². The number of ether oxygens (including phenoxy) is 1. The molecule has 1 amide bonds. The standard InChI is InChI=1S/C15H24N2O3/c1-4-17(5-2)15(19)12(10-16)8-11-6-7-14(20-3)13(18)9-11/h6-7,9,12,18H,4-5,8,10,16H2,1-3H3. The summed E-state index contributed by atoms with van der Waals surface area (Å²) in [7, 11) is 1.50. The molecule has 0 aliphatic carbocycles. The molecule has 1 rings (SSSR count). The lowest BCUT2D eigenvalue weighted by atomic mass is 9.97. The van der Waals surface area contributed by atoms with Crippen molar-refractivity contribution in [2.45, 2.75) is 20.3 Å². The zero-order valence-electron chi connectivity index (χ0n) is 12.4. The fourth-order valence-corrected chi connectivity index (χ4v) is 2.21. The van der Waals surface area contributed by atoms with Gasteiger partial charge in [-0.3, -0.25) is 4.79 Å². The fraction of sp³-hybridized carbons (Fsp3) is 0.533. The number of phenols is 1. The molecule has 5 heteroatoms. The van der Waals surface area contributed by atoms with Crippen molar-refractivity contribution in [3.05, 3.63) is 23.8 Å². The van der Waals surface area contributed by atoms with Gasteiger partial charge in [0.2, 0.25) is 5.91 Å². The van der Waals surface area contributed by atoms with E-state index in [1.807, 2.05) is 19.9 Å². The Hall–Kier alpha value is -1.75. The Labute approximate surface area is 120 Å². The molecule has 0 spiro atoms. The summed E-state index contributed by atoms with van der Waals surface area (Å²) in [4.78, 5) is 14.1. The lowest BCUT2D eigenvalue weighted by molar-refractivity contribution is -0.134. The van der Waals surface area contributed by atoms with Crippen LogP contribution in [0, 0.1) is 5.92 Å². The second-order valence-corrected chi connectivity index (χ2v) is 4.65. The van der Waals surface area contributed by atoms with E-state index in [2.05, 4.69) is 0 Å². The third-order valence-electron chi connectivity index (χ3n) is 3.43. The van der Waals surface area contributed by atoms with Gasteiger partial charge in [0.15, 0.2) is 11.5 Å². The van der Waals surface area contributed by atoms with Crippen LogP contribution in [0.25, 0.3) is 0 Å². The number of hydrogen-bond donors (Lipinski definition) is 2. The largest absolute Gasteiger partial charge is 0.504 e. The number of amides is 1. The molecule has 1 atom stereocenters. The van der Waals surface area contributed by atoms with Gasteiger partial charge in [-0.15, -0.1) is 0 Å². The molecular weight excluding hydrogens is 256 g/mol. The first-order chi connectivity index (χ1) is 9.57. The van der Waals surface area contributed by atoms with Gasteiger partial charge in [0.1, 0.15) is 0 Å². The molecule has 3 N–H and O–H groups in total. The Bertz CT molecular complexity index is 445. The minimum absolute atomic E-state index is 0.0628. The van der Waals surface area contributed by atoms with Crippen LogP contribution in [-0.2, 0) is 11.2 Å². The van der Waals surface area contributed by atoms with E-state index in [-0.39, 0.29) is 17.6 Å². The smallest absolute Gasteiger partial charge is 0.227 e. The second kappa shape index (κ2) is 7.75. The van der Waals surface area contributed by atoms with Crippen LogP contribution in [0.5, 0.6) is 11.5 Å². The summed E-state index contributed by atoms with van der Waals surface area (Å²) in [5.41, 5.74) is 6.60. The highest BCUT2D eigenvalue weighted by molar-refractivity contribution is 5.79. The number of nitrogens with two attached hydrogens (primary N) is 1. The van der Waals surface area contributed by atoms with Crippen molar-refractivity contribution in [3.63, 3.8) is 0 Å². The zero-order chi connectivity index (χ0) is 15.1. The third-order valence-corrected chi connectivity index (χ3v) is 3.43. The SMILES string of the molecule is CCN(CC)C(=O)C(CN)Cc1ccc(OC)c(O)c1. The van der Waals surface area contributed by atoms with Crippen molar-refractivity contribution < 1.29 is 14.6 Å². The van der Waals surface area contributed by atoms with Crippen LogP contribution in [0.2, 0.25) is 0 Å². The summed E-state index contributed by atoms with van der Waals surface area (Å²) in [5.74, 6) is 0.305. The Morgan fingerprint density at radius 3 is 2.50 bits per heavy atom. The van der Waals surface area contributed by atoms with E-state index >= 15 is 0 Å². The van der Waals surface area contributed by atoms with Crippen molar-refractivity contribution in [1.29, 1.82) is 0 Å². The van der Waals surface area contributed by atoms with Crippen LogP contribution in [0.1, 0.15) is 19.4 Å². The molecule has 0 fully saturated rings. The quantitative estimate of drug-likeness (QED) is 0.791. The summed E-state index contributed by atoms with van der Waals surface area (Å²) in [5, 5.41) is 9.77. The first-order valence-electron chi connectivity index (χ1n) is 6.92. The Balaban J connectivity index is 2.83. The molecular formula is C15H24N2O3. The van der Waals surface area contributed by atoms with Crippen LogP contribution in [0.3, 0.4) is 0 Å². The summed E-state index contributed by atoms with van der Waals surface area (Å²) in [6.07, 6.45) is 0.517. The highest BCUT2D eigenvalue weighted by Gasteiger charge is 2.22. The molecule has 0 bridgehead atoms. The van der Waals surface area contributed by atoms with Crippen molar-refractivity contribution in [2.24, 2.45) is 11.7 Å². The number of carbonyl (C=O) groups excluding carboxylic acids is 1. The van der Waals surface area contributed by atoms with E-state index in [1.165, 1.54) is 7.11 Å². The molecule has 1 unspecified atom stereocenters. The van der Waals surface area contributed by atoms with Gasteiger partial charge in [-0.05, 0) is 38.0 Å². The van der Waals surface area contributed by atoms with Crippen molar-refractivity contribution in [1.82, 2.24) is 4.90 Å². The number of benzene rings is 1. The minimum Gasteiger partial charge on any atom is -0.504 e. The van der Waals surface area contributed by atoms with Gasteiger partial charge in [0, 0.05) is 19.6 Å². The maximum Gasteiger partial charge on any atom is 0.227 e. The summed E-state index contributed by atoms with van der Waals surface area (Å²) in [6, 6.07) is 5.16. The molecule has 1 aromatic rings. The predicted octanol–water partition coefficient (Wildman–Crippen LogP) is 1.39. The average molecular weight is 280 g/mol. The van der Waals surface area contributed by atoms with E-state index in [1.54, 1.807) is 17.0 Å². The van der Waals surface area contributed by atoms with Gasteiger partial charge in [0.05, 0.1) is 13.0 Å². The Morgan fingerprint density at radius 2 is 2.05 bits per heavy atom. The zero-order valence-corrected chi connectivity index (χ0v) is 12.4. The van der Waals surface area contributed by atoms with Gasteiger partial charge in [-0.1, -0.05) is 6.07 Å². The Kier molecular flexibility index (Phi) is 6.31. The number of methoxy groups -OCH3 is 1. The van der Waals surface area contributed by atoms with Crippen LogP contribution in [-0.4, -0.2) is 42.7 Å². The third kappa shape index (κ3) is 3.87. The highest BCUT2D eigenvalue weighted by atomic mass is 16.5. The van der Waals surface area contributed by atoms with E-state index in [0.717, 1.165) is 5.56 Å². The first kappa shape index (κ1) is 16.3. The molecule has 0 heterocycles. The normalized spacial score (nSPS) is 12.0. The number of hydrogen-bond acceptors (Lipinski definition) is 4. The molecule has 0 aliphatic heterocycles. The second-order valence-electron chi connectivity index (χ2n) is 4.65. The maximum absolute atomic E-state index is 12.3. The average Bonchev–Trinajstić information content (AvgIpc) is 2.46. The number of nitrogens with zero attached hydrogens (tertiary/aromatic N) is 1. The molecule has 0 aromatic heterocycles. The monoisotopic (exact) mass is 280 g/mol. The van der Waals surface area contributed by atoms with E-state index in [4.69, 9.17) is 10.5 Å². The van der Waals surface area contributed by atoms with Crippen molar-refractivity contribution >= 4 is 5.91 Å². The molecule has 112 valence electrons. The van der Waals surface area contributed by atoms with Gasteiger partial charge >= 0.3 is 0 Å². The summed E-state index contributed by atoms with van der Waals surface area (Å²) in [6.45, 7) is 5.56. The van der Waals surface area contributed by atoms with E-state index in [0.29, 0.717) is 31.8 Å². The van der Waals surface area contributed by atoms with Crippen LogP contribution < -0.4 is 10.5 Å².